The number of rotatable bonds is 15. The second-order valence-electron chi connectivity index (χ2n) is 5.70. The molecule has 6 heteroatoms. The molecule has 0 aliphatic heterocycles. The van der Waals surface area contributed by atoms with Crippen LogP contribution in [0.5, 0.6) is 0 Å². The Kier molecular flexibility index (Phi) is 14.7. The van der Waals surface area contributed by atoms with E-state index in [4.69, 9.17) is 9.47 Å². The predicted octanol–water partition coefficient (Wildman–Crippen LogP) is 2.32. The highest BCUT2D eigenvalue weighted by molar-refractivity contribution is 5.70. The maximum Gasteiger partial charge on any atom is 0.305 e. The van der Waals surface area contributed by atoms with Gasteiger partial charge in [0.15, 0.2) is 0 Å². The largest absolute Gasteiger partial charge is 0.464 e. The van der Waals surface area contributed by atoms with Crippen molar-refractivity contribution in [2.24, 2.45) is 0 Å². The molecule has 0 radical (unpaired) electrons. The van der Waals surface area contributed by atoms with Crippen molar-refractivity contribution in [1.29, 1.82) is 0 Å². The maximum absolute atomic E-state index is 11.6. The fourth-order valence-electron chi connectivity index (χ4n) is 2.34. The molecule has 6 nitrogen and oxygen atoms in total. The van der Waals surface area contributed by atoms with Gasteiger partial charge in [-0.1, -0.05) is 27.7 Å². The van der Waals surface area contributed by atoms with E-state index < -0.39 is 0 Å². The number of unbranched alkanes of at least 4 members (excludes halogenated alkanes) is 1. The van der Waals surface area contributed by atoms with E-state index in [1.807, 2.05) is 0 Å². The average Bonchev–Trinajstić information content (AvgIpc) is 2.59. The molecule has 0 bridgehead atoms. The Bertz CT molecular complexity index is 297. The van der Waals surface area contributed by atoms with Gasteiger partial charge in [-0.3, -0.25) is 9.59 Å². The molecule has 142 valence electrons. The lowest BCUT2D eigenvalue weighted by Crippen LogP contribution is -2.28. The van der Waals surface area contributed by atoms with Gasteiger partial charge in [-0.25, -0.2) is 0 Å². The van der Waals surface area contributed by atoms with Crippen molar-refractivity contribution in [3.05, 3.63) is 0 Å². The van der Waals surface area contributed by atoms with Crippen LogP contribution >= 0.6 is 0 Å². The average molecular weight is 344 g/mol. The normalized spacial score (nSPS) is 11.1. The van der Waals surface area contributed by atoms with E-state index in [0.29, 0.717) is 38.9 Å². The van der Waals surface area contributed by atoms with Crippen molar-refractivity contribution in [3.63, 3.8) is 0 Å². The smallest absolute Gasteiger partial charge is 0.305 e. The third-order valence-corrected chi connectivity index (χ3v) is 4.14. The number of nitrogens with zero attached hydrogens (tertiary/aromatic N) is 2. The fourth-order valence-corrected chi connectivity index (χ4v) is 2.34. The molecule has 0 saturated heterocycles. The van der Waals surface area contributed by atoms with Crippen LogP contribution in [0.15, 0.2) is 0 Å². The summed E-state index contributed by atoms with van der Waals surface area (Å²) >= 11 is 0. The molecule has 0 saturated carbocycles. The lowest BCUT2D eigenvalue weighted by molar-refractivity contribution is -0.146. The highest BCUT2D eigenvalue weighted by Crippen LogP contribution is 2.03. The molecular weight excluding hydrogens is 308 g/mol. The highest BCUT2D eigenvalue weighted by atomic mass is 16.5. The summed E-state index contributed by atoms with van der Waals surface area (Å²) in [7, 11) is 0. The molecule has 0 aromatic carbocycles. The van der Waals surface area contributed by atoms with Gasteiger partial charge in [-0.2, -0.15) is 0 Å². The second kappa shape index (κ2) is 15.4. The van der Waals surface area contributed by atoms with E-state index >= 15 is 0 Å². The standard InChI is InChI=1S/C18H36N2O4/c1-5-19(6-2)13-15-23-17(21)11-9-10-12-18(22)24-16-14-20(7-3)8-4/h5-16H2,1-4H3. The quantitative estimate of drug-likeness (QED) is 0.336. The minimum atomic E-state index is -0.183. The van der Waals surface area contributed by atoms with Crippen LogP contribution in [0, 0.1) is 0 Å². The van der Waals surface area contributed by atoms with Crippen LogP contribution < -0.4 is 0 Å². The van der Waals surface area contributed by atoms with E-state index in [9.17, 15) is 9.59 Å². The number of likely N-dealkylation sites (N-methyl/N-ethyl adjacent to an activating group) is 2. The highest BCUT2D eigenvalue weighted by Gasteiger charge is 2.07. The predicted molar refractivity (Wildman–Crippen MR) is 96.0 cm³/mol. The monoisotopic (exact) mass is 344 g/mol. The molecule has 0 aromatic heterocycles. The van der Waals surface area contributed by atoms with Crippen molar-refractivity contribution < 1.29 is 19.1 Å². The van der Waals surface area contributed by atoms with Crippen LogP contribution in [-0.2, 0) is 19.1 Å². The first kappa shape index (κ1) is 22.9. The van der Waals surface area contributed by atoms with Crippen LogP contribution in [-0.4, -0.2) is 74.2 Å². The van der Waals surface area contributed by atoms with Gasteiger partial charge in [0, 0.05) is 25.9 Å². The van der Waals surface area contributed by atoms with Gasteiger partial charge in [0.05, 0.1) is 0 Å². The van der Waals surface area contributed by atoms with Gasteiger partial charge in [-0.15, -0.1) is 0 Å². The van der Waals surface area contributed by atoms with Crippen molar-refractivity contribution in [1.82, 2.24) is 9.80 Å². The molecular formula is C18H36N2O4. The first-order valence-electron chi connectivity index (χ1n) is 9.33. The molecule has 0 spiro atoms. The van der Waals surface area contributed by atoms with E-state index in [1.165, 1.54) is 0 Å². The summed E-state index contributed by atoms with van der Waals surface area (Å²) in [5.41, 5.74) is 0. The van der Waals surface area contributed by atoms with E-state index in [0.717, 1.165) is 39.3 Å². The fraction of sp³-hybridized carbons (Fsp3) is 0.889. The zero-order valence-corrected chi connectivity index (χ0v) is 16.0. The lowest BCUT2D eigenvalue weighted by Gasteiger charge is -2.17. The first-order chi connectivity index (χ1) is 11.6. The van der Waals surface area contributed by atoms with Crippen LogP contribution in [0.3, 0.4) is 0 Å². The van der Waals surface area contributed by atoms with E-state index in [-0.39, 0.29) is 11.9 Å². The Morgan fingerprint density at radius 2 is 1.00 bits per heavy atom. The number of carbonyl (C=O) groups excluding carboxylic acids is 2. The Labute approximate surface area is 147 Å². The van der Waals surface area contributed by atoms with Crippen molar-refractivity contribution >= 4 is 11.9 Å². The summed E-state index contributed by atoms with van der Waals surface area (Å²) in [5, 5.41) is 0. The zero-order valence-electron chi connectivity index (χ0n) is 16.0. The van der Waals surface area contributed by atoms with Gasteiger partial charge < -0.3 is 19.3 Å². The Hall–Kier alpha value is -1.14. The summed E-state index contributed by atoms with van der Waals surface area (Å²) in [5.74, 6) is -0.367. The van der Waals surface area contributed by atoms with Crippen molar-refractivity contribution in [2.75, 3.05) is 52.5 Å². The van der Waals surface area contributed by atoms with Gasteiger partial charge in [-0.05, 0) is 39.0 Å². The van der Waals surface area contributed by atoms with E-state index in [2.05, 4.69) is 37.5 Å². The number of hydrogen-bond donors (Lipinski definition) is 0. The van der Waals surface area contributed by atoms with Crippen LogP contribution in [0.4, 0.5) is 0 Å². The minimum Gasteiger partial charge on any atom is -0.464 e. The minimum absolute atomic E-state index is 0.183. The van der Waals surface area contributed by atoms with Crippen molar-refractivity contribution in [3.8, 4) is 0 Å². The van der Waals surface area contributed by atoms with Crippen LogP contribution in [0.25, 0.3) is 0 Å². The number of esters is 2. The third-order valence-electron chi connectivity index (χ3n) is 4.14. The summed E-state index contributed by atoms with van der Waals surface area (Å²) in [6.45, 7) is 14.6. The van der Waals surface area contributed by atoms with Gasteiger partial charge in [0.1, 0.15) is 13.2 Å². The summed E-state index contributed by atoms with van der Waals surface area (Å²) in [6.07, 6.45) is 2.06. The van der Waals surface area contributed by atoms with Crippen LogP contribution in [0.2, 0.25) is 0 Å². The molecule has 0 fully saturated rings. The zero-order chi connectivity index (χ0) is 18.2. The molecule has 0 aromatic rings. The molecule has 24 heavy (non-hydrogen) atoms. The second-order valence-corrected chi connectivity index (χ2v) is 5.70. The first-order valence-corrected chi connectivity index (χ1v) is 9.33. The third kappa shape index (κ3) is 12.3. The van der Waals surface area contributed by atoms with Gasteiger partial charge in [0.2, 0.25) is 0 Å². The summed E-state index contributed by atoms with van der Waals surface area (Å²) < 4.78 is 10.4. The van der Waals surface area contributed by atoms with Gasteiger partial charge >= 0.3 is 11.9 Å². The summed E-state index contributed by atoms with van der Waals surface area (Å²) in [4.78, 5) is 27.6. The van der Waals surface area contributed by atoms with E-state index in [1.54, 1.807) is 0 Å². The maximum atomic E-state index is 11.6. The topological polar surface area (TPSA) is 59.1 Å². The molecule has 0 amide bonds. The molecule has 0 rings (SSSR count). The van der Waals surface area contributed by atoms with Gasteiger partial charge in [0.25, 0.3) is 0 Å². The molecule has 0 N–H and O–H groups in total. The van der Waals surface area contributed by atoms with Crippen LogP contribution in [0.1, 0.15) is 53.4 Å². The number of ether oxygens (including phenoxy) is 2. The summed E-state index contributed by atoms with van der Waals surface area (Å²) in [6, 6.07) is 0. The number of hydrogen-bond acceptors (Lipinski definition) is 6. The lowest BCUT2D eigenvalue weighted by atomic mass is 10.2. The molecule has 0 atom stereocenters. The number of carbonyl (C=O) groups is 2. The molecule has 0 heterocycles. The molecule has 0 aliphatic rings. The Morgan fingerprint density at radius 3 is 1.29 bits per heavy atom. The molecule has 0 aliphatic carbocycles. The Balaban J connectivity index is 3.56. The SMILES string of the molecule is CCN(CC)CCOC(=O)CCCCC(=O)OCCN(CC)CC. The van der Waals surface area contributed by atoms with Crippen molar-refractivity contribution in [2.45, 2.75) is 53.4 Å². The Morgan fingerprint density at radius 1 is 0.667 bits per heavy atom. The molecule has 0 unspecified atom stereocenters.